The average molecular weight is 270 g/mol. The van der Waals surface area contributed by atoms with Crippen LogP contribution in [0.1, 0.15) is 19.4 Å². The number of nitrogens with zero attached hydrogens (tertiary/aromatic N) is 1. The SMILES string of the molecule is Cc1ccccc1N(C)c1cccc(OC(C)C)c1N. The van der Waals surface area contributed by atoms with Gasteiger partial charge in [-0.05, 0) is 44.5 Å². The number of hydrogen-bond acceptors (Lipinski definition) is 3. The molecular weight excluding hydrogens is 248 g/mol. The molecular formula is C17H22N2O. The van der Waals surface area contributed by atoms with Crippen LogP contribution in [0.25, 0.3) is 0 Å². The fraction of sp³-hybridized carbons (Fsp3) is 0.294. The quantitative estimate of drug-likeness (QED) is 0.849. The van der Waals surface area contributed by atoms with Crippen LogP contribution in [-0.2, 0) is 0 Å². The van der Waals surface area contributed by atoms with E-state index < -0.39 is 0 Å². The van der Waals surface area contributed by atoms with Crippen molar-refractivity contribution in [3.05, 3.63) is 48.0 Å². The second kappa shape index (κ2) is 5.87. The number of ether oxygens (including phenoxy) is 1. The maximum atomic E-state index is 6.25. The van der Waals surface area contributed by atoms with E-state index in [0.717, 1.165) is 17.1 Å². The number of para-hydroxylation sites is 2. The second-order valence-corrected chi connectivity index (χ2v) is 5.20. The molecule has 2 aromatic rings. The van der Waals surface area contributed by atoms with Crippen LogP contribution >= 0.6 is 0 Å². The minimum Gasteiger partial charge on any atom is -0.489 e. The number of nitrogen functional groups attached to an aromatic ring is 1. The summed E-state index contributed by atoms with van der Waals surface area (Å²) < 4.78 is 5.75. The summed E-state index contributed by atoms with van der Waals surface area (Å²) in [6, 6.07) is 14.1. The van der Waals surface area contributed by atoms with Crippen LogP contribution in [0.2, 0.25) is 0 Å². The first-order valence-electron chi connectivity index (χ1n) is 6.85. The van der Waals surface area contributed by atoms with E-state index in [1.807, 2.05) is 51.2 Å². The Morgan fingerprint density at radius 1 is 1.00 bits per heavy atom. The Bertz CT molecular complexity index is 593. The minimum atomic E-state index is 0.108. The van der Waals surface area contributed by atoms with Crippen molar-refractivity contribution >= 4 is 17.1 Å². The van der Waals surface area contributed by atoms with E-state index in [2.05, 4.69) is 24.0 Å². The summed E-state index contributed by atoms with van der Waals surface area (Å²) in [6.45, 7) is 6.09. The van der Waals surface area contributed by atoms with Gasteiger partial charge in [-0.25, -0.2) is 0 Å². The summed E-state index contributed by atoms with van der Waals surface area (Å²) in [5.41, 5.74) is 10.2. The van der Waals surface area contributed by atoms with Crippen LogP contribution in [0.3, 0.4) is 0 Å². The highest BCUT2D eigenvalue weighted by Gasteiger charge is 2.13. The zero-order valence-corrected chi connectivity index (χ0v) is 12.6. The second-order valence-electron chi connectivity index (χ2n) is 5.20. The molecule has 0 atom stereocenters. The van der Waals surface area contributed by atoms with Gasteiger partial charge in [0.05, 0.1) is 17.5 Å². The van der Waals surface area contributed by atoms with E-state index in [0.29, 0.717) is 5.69 Å². The van der Waals surface area contributed by atoms with Crippen molar-refractivity contribution in [1.29, 1.82) is 0 Å². The molecule has 0 heterocycles. The van der Waals surface area contributed by atoms with Crippen molar-refractivity contribution in [2.24, 2.45) is 0 Å². The molecule has 2 N–H and O–H groups in total. The summed E-state index contributed by atoms with van der Waals surface area (Å²) >= 11 is 0. The lowest BCUT2D eigenvalue weighted by molar-refractivity contribution is 0.244. The van der Waals surface area contributed by atoms with Gasteiger partial charge in [0.25, 0.3) is 0 Å². The molecule has 2 rings (SSSR count). The molecule has 0 aliphatic heterocycles. The highest BCUT2D eigenvalue weighted by Crippen LogP contribution is 2.36. The van der Waals surface area contributed by atoms with Gasteiger partial charge in [0, 0.05) is 12.7 Å². The Balaban J connectivity index is 2.40. The first kappa shape index (κ1) is 14.3. The van der Waals surface area contributed by atoms with Crippen molar-refractivity contribution in [1.82, 2.24) is 0 Å². The third-order valence-electron chi connectivity index (χ3n) is 3.24. The Hall–Kier alpha value is -2.16. The van der Waals surface area contributed by atoms with Crippen molar-refractivity contribution in [3.63, 3.8) is 0 Å². The van der Waals surface area contributed by atoms with Gasteiger partial charge in [0.1, 0.15) is 5.75 Å². The molecule has 0 spiro atoms. The minimum absolute atomic E-state index is 0.108. The van der Waals surface area contributed by atoms with Crippen molar-refractivity contribution < 1.29 is 4.74 Å². The van der Waals surface area contributed by atoms with Gasteiger partial charge in [-0.1, -0.05) is 24.3 Å². The van der Waals surface area contributed by atoms with Crippen LogP contribution in [0, 0.1) is 6.92 Å². The van der Waals surface area contributed by atoms with E-state index in [1.54, 1.807) is 0 Å². The molecule has 3 heteroatoms. The zero-order chi connectivity index (χ0) is 14.7. The molecule has 3 nitrogen and oxygen atoms in total. The fourth-order valence-electron chi connectivity index (χ4n) is 2.25. The summed E-state index contributed by atoms with van der Waals surface area (Å²) in [6.07, 6.45) is 0.108. The number of hydrogen-bond donors (Lipinski definition) is 1. The standard InChI is InChI=1S/C17H22N2O/c1-12(2)20-16-11-7-10-15(17(16)18)19(4)14-9-6-5-8-13(14)3/h5-12H,18H2,1-4H3. The Morgan fingerprint density at radius 3 is 2.30 bits per heavy atom. The molecule has 0 aliphatic rings. The van der Waals surface area contributed by atoms with Gasteiger partial charge in [0.15, 0.2) is 0 Å². The smallest absolute Gasteiger partial charge is 0.144 e. The normalized spacial score (nSPS) is 10.7. The Kier molecular flexibility index (Phi) is 4.18. The molecule has 0 unspecified atom stereocenters. The molecule has 0 saturated heterocycles. The topological polar surface area (TPSA) is 38.5 Å². The lowest BCUT2D eigenvalue weighted by atomic mass is 10.1. The van der Waals surface area contributed by atoms with Gasteiger partial charge in [-0.3, -0.25) is 0 Å². The molecule has 0 saturated carbocycles. The number of nitrogens with two attached hydrogens (primary N) is 1. The lowest BCUT2D eigenvalue weighted by Gasteiger charge is -2.24. The number of aryl methyl sites for hydroxylation is 1. The van der Waals surface area contributed by atoms with Gasteiger partial charge in [0.2, 0.25) is 0 Å². The summed E-state index contributed by atoms with van der Waals surface area (Å²) in [4.78, 5) is 2.10. The average Bonchev–Trinajstić information content (AvgIpc) is 2.40. The van der Waals surface area contributed by atoms with Crippen LogP contribution in [0.15, 0.2) is 42.5 Å². The Labute approximate surface area is 121 Å². The summed E-state index contributed by atoms with van der Waals surface area (Å²) in [7, 11) is 2.02. The molecule has 106 valence electrons. The largest absolute Gasteiger partial charge is 0.489 e. The predicted octanol–water partition coefficient (Wildman–Crippen LogP) is 4.13. The first-order valence-corrected chi connectivity index (χ1v) is 6.85. The van der Waals surface area contributed by atoms with E-state index in [4.69, 9.17) is 10.5 Å². The van der Waals surface area contributed by atoms with Crippen molar-refractivity contribution in [2.45, 2.75) is 26.9 Å². The monoisotopic (exact) mass is 270 g/mol. The van der Waals surface area contributed by atoms with Crippen LogP contribution in [0.4, 0.5) is 17.1 Å². The number of benzene rings is 2. The van der Waals surface area contributed by atoms with Crippen molar-refractivity contribution in [3.8, 4) is 5.75 Å². The molecule has 0 bridgehead atoms. The van der Waals surface area contributed by atoms with Crippen LogP contribution in [0.5, 0.6) is 5.75 Å². The van der Waals surface area contributed by atoms with Gasteiger partial charge in [-0.15, -0.1) is 0 Å². The number of anilines is 3. The molecule has 0 amide bonds. The summed E-state index contributed by atoms with van der Waals surface area (Å²) in [5, 5.41) is 0. The Morgan fingerprint density at radius 2 is 1.65 bits per heavy atom. The zero-order valence-electron chi connectivity index (χ0n) is 12.6. The molecule has 0 aliphatic carbocycles. The van der Waals surface area contributed by atoms with Crippen molar-refractivity contribution in [2.75, 3.05) is 17.7 Å². The van der Waals surface area contributed by atoms with Crippen LogP contribution in [-0.4, -0.2) is 13.2 Å². The third-order valence-corrected chi connectivity index (χ3v) is 3.24. The molecule has 0 radical (unpaired) electrons. The molecule has 2 aromatic carbocycles. The van der Waals surface area contributed by atoms with Gasteiger partial charge in [-0.2, -0.15) is 0 Å². The maximum Gasteiger partial charge on any atom is 0.144 e. The van der Waals surface area contributed by atoms with E-state index >= 15 is 0 Å². The first-order chi connectivity index (χ1) is 9.50. The lowest BCUT2D eigenvalue weighted by Crippen LogP contribution is -2.14. The highest BCUT2D eigenvalue weighted by atomic mass is 16.5. The van der Waals surface area contributed by atoms with E-state index in [1.165, 1.54) is 5.56 Å². The van der Waals surface area contributed by atoms with E-state index in [9.17, 15) is 0 Å². The molecule has 0 fully saturated rings. The third kappa shape index (κ3) is 2.87. The van der Waals surface area contributed by atoms with Gasteiger partial charge < -0.3 is 15.4 Å². The molecule has 0 aromatic heterocycles. The highest BCUT2D eigenvalue weighted by molar-refractivity contribution is 5.79. The summed E-state index contributed by atoms with van der Waals surface area (Å²) in [5.74, 6) is 0.734. The van der Waals surface area contributed by atoms with Gasteiger partial charge >= 0.3 is 0 Å². The maximum absolute atomic E-state index is 6.25. The number of rotatable bonds is 4. The van der Waals surface area contributed by atoms with E-state index in [-0.39, 0.29) is 6.10 Å². The van der Waals surface area contributed by atoms with Crippen LogP contribution < -0.4 is 15.4 Å². The fourth-order valence-corrected chi connectivity index (χ4v) is 2.25. The predicted molar refractivity (Wildman–Crippen MR) is 85.9 cm³/mol. The molecule has 20 heavy (non-hydrogen) atoms.